The maximum atomic E-state index is 9.36. The van der Waals surface area contributed by atoms with Gasteiger partial charge in [0.1, 0.15) is 0 Å². The topological polar surface area (TPSA) is 40.5 Å². The normalized spacial score (nSPS) is 18.0. The molecule has 0 aliphatic carbocycles. The average Bonchev–Trinajstić information content (AvgIpc) is 1.82. The van der Waals surface area contributed by atoms with Gasteiger partial charge < -0.3 is 10.2 Å². The average molecular weight is 188 g/mol. The van der Waals surface area contributed by atoms with Crippen molar-refractivity contribution >= 4 is 0 Å². The summed E-state index contributed by atoms with van der Waals surface area (Å²) >= 11 is 0. The Morgan fingerprint density at radius 1 is 1.00 bits per heavy atom. The van der Waals surface area contributed by atoms with Crippen LogP contribution in [-0.2, 0) is 0 Å². The molecule has 0 aromatic heterocycles. The van der Waals surface area contributed by atoms with Gasteiger partial charge >= 0.3 is 0 Å². The third-order valence-electron chi connectivity index (χ3n) is 2.82. The van der Waals surface area contributed by atoms with Crippen molar-refractivity contribution in [1.82, 2.24) is 0 Å². The second-order valence-electron chi connectivity index (χ2n) is 5.77. The molecule has 1 atom stereocenters. The van der Waals surface area contributed by atoms with Gasteiger partial charge in [-0.25, -0.2) is 0 Å². The molecule has 80 valence electrons. The van der Waals surface area contributed by atoms with Gasteiger partial charge in [-0.3, -0.25) is 0 Å². The molecular formula is C11H24O2. The van der Waals surface area contributed by atoms with Crippen molar-refractivity contribution in [2.75, 3.05) is 0 Å². The van der Waals surface area contributed by atoms with Crippen LogP contribution in [0.15, 0.2) is 0 Å². The molecule has 0 aliphatic rings. The third kappa shape index (κ3) is 3.65. The Labute approximate surface area is 82.0 Å². The number of rotatable bonds is 3. The molecule has 0 bridgehead atoms. The van der Waals surface area contributed by atoms with E-state index in [1.165, 1.54) is 0 Å². The molecule has 0 heterocycles. The summed E-state index contributed by atoms with van der Waals surface area (Å²) in [7, 11) is 0. The van der Waals surface area contributed by atoms with Crippen molar-refractivity contribution in [2.24, 2.45) is 16.7 Å². The van der Waals surface area contributed by atoms with E-state index in [4.69, 9.17) is 0 Å². The lowest BCUT2D eigenvalue weighted by Crippen LogP contribution is -2.40. The van der Waals surface area contributed by atoms with Crippen LogP contribution in [0.4, 0.5) is 0 Å². The quantitative estimate of drug-likeness (QED) is 0.668. The standard InChI is InChI=1S/C11H24O2/c1-8(2)11(6,9(12)13)7-10(3,4)5/h8-9,12-13H,7H2,1-6H3. The first-order valence-electron chi connectivity index (χ1n) is 4.96. The van der Waals surface area contributed by atoms with Gasteiger partial charge in [0.25, 0.3) is 0 Å². The molecule has 0 aliphatic heterocycles. The van der Waals surface area contributed by atoms with Gasteiger partial charge in [-0.1, -0.05) is 41.5 Å². The number of aliphatic hydroxyl groups excluding tert-OH is 1. The maximum Gasteiger partial charge on any atom is 0.157 e. The molecule has 0 aromatic rings. The fraction of sp³-hybridized carbons (Fsp3) is 1.00. The fourth-order valence-corrected chi connectivity index (χ4v) is 1.74. The Balaban J connectivity index is 4.62. The summed E-state index contributed by atoms with van der Waals surface area (Å²) in [5.41, 5.74) is -0.277. The third-order valence-corrected chi connectivity index (χ3v) is 2.82. The molecule has 0 spiro atoms. The van der Waals surface area contributed by atoms with Gasteiger partial charge in [0.15, 0.2) is 6.29 Å². The molecule has 0 rings (SSSR count). The molecular weight excluding hydrogens is 164 g/mol. The minimum absolute atomic E-state index is 0.128. The Morgan fingerprint density at radius 3 is 1.46 bits per heavy atom. The van der Waals surface area contributed by atoms with Crippen LogP contribution >= 0.6 is 0 Å². The number of aliphatic hydroxyl groups is 2. The van der Waals surface area contributed by atoms with E-state index in [-0.39, 0.29) is 11.3 Å². The highest BCUT2D eigenvalue weighted by Crippen LogP contribution is 2.41. The van der Waals surface area contributed by atoms with E-state index in [2.05, 4.69) is 20.8 Å². The molecule has 2 heteroatoms. The first-order chi connectivity index (χ1) is 5.59. The Hall–Kier alpha value is -0.0800. The molecule has 13 heavy (non-hydrogen) atoms. The van der Waals surface area contributed by atoms with Crippen molar-refractivity contribution in [3.05, 3.63) is 0 Å². The van der Waals surface area contributed by atoms with Gasteiger partial charge in [-0.15, -0.1) is 0 Å². The van der Waals surface area contributed by atoms with Crippen LogP contribution in [0.25, 0.3) is 0 Å². The highest BCUT2D eigenvalue weighted by atomic mass is 16.5. The van der Waals surface area contributed by atoms with Crippen molar-refractivity contribution in [1.29, 1.82) is 0 Å². The van der Waals surface area contributed by atoms with E-state index in [0.29, 0.717) is 0 Å². The summed E-state index contributed by atoms with van der Waals surface area (Å²) in [6.07, 6.45) is -0.415. The summed E-state index contributed by atoms with van der Waals surface area (Å²) in [5, 5.41) is 18.7. The smallest absolute Gasteiger partial charge is 0.157 e. The zero-order valence-electron chi connectivity index (χ0n) is 9.76. The van der Waals surface area contributed by atoms with Gasteiger partial charge in [-0.05, 0) is 17.8 Å². The Kier molecular flexibility index (Phi) is 3.95. The predicted molar refractivity (Wildman–Crippen MR) is 55.2 cm³/mol. The Morgan fingerprint density at radius 2 is 1.38 bits per heavy atom. The lowest BCUT2D eigenvalue weighted by atomic mass is 9.68. The van der Waals surface area contributed by atoms with E-state index in [1.54, 1.807) is 0 Å². The molecule has 0 aromatic carbocycles. The molecule has 0 saturated heterocycles. The molecule has 0 fully saturated rings. The first kappa shape index (κ1) is 12.9. The van der Waals surface area contributed by atoms with E-state index in [1.807, 2.05) is 20.8 Å². The van der Waals surface area contributed by atoms with Crippen molar-refractivity contribution < 1.29 is 10.2 Å². The van der Waals surface area contributed by atoms with Gasteiger partial charge in [0, 0.05) is 5.41 Å². The number of hydrogen-bond acceptors (Lipinski definition) is 2. The maximum absolute atomic E-state index is 9.36. The minimum atomic E-state index is -1.23. The first-order valence-corrected chi connectivity index (χ1v) is 4.96. The largest absolute Gasteiger partial charge is 0.368 e. The van der Waals surface area contributed by atoms with E-state index in [0.717, 1.165) is 6.42 Å². The number of hydrogen-bond donors (Lipinski definition) is 2. The molecule has 2 N–H and O–H groups in total. The summed E-state index contributed by atoms with van der Waals surface area (Å²) in [6.45, 7) is 12.4. The van der Waals surface area contributed by atoms with Crippen LogP contribution < -0.4 is 0 Å². The van der Waals surface area contributed by atoms with Gasteiger partial charge in [-0.2, -0.15) is 0 Å². The molecule has 0 radical (unpaired) electrons. The summed E-state index contributed by atoms with van der Waals surface area (Å²) < 4.78 is 0. The fourth-order valence-electron chi connectivity index (χ4n) is 1.74. The Bertz CT molecular complexity index is 146. The lowest BCUT2D eigenvalue weighted by Gasteiger charge is -2.40. The molecule has 2 nitrogen and oxygen atoms in total. The zero-order valence-corrected chi connectivity index (χ0v) is 9.76. The zero-order chi connectivity index (χ0) is 10.9. The summed E-state index contributed by atoms with van der Waals surface area (Å²) in [6, 6.07) is 0. The van der Waals surface area contributed by atoms with Crippen LogP contribution in [-0.4, -0.2) is 16.5 Å². The molecule has 0 amide bonds. The van der Waals surface area contributed by atoms with E-state index < -0.39 is 11.7 Å². The van der Waals surface area contributed by atoms with Gasteiger partial charge in [0.2, 0.25) is 0 Å². The minimum Gasteiger partial charge on any atom is -0.368 e. The lowest BCUT2D eigenvalue weighted by molar-refractivity contribution is -0.158. The van der Waals surface area contributed by atoms with Crippen molar-refractivity contribution in [2.45, 2.75) is 54.3 Å². The second kappa shape index (κ2) is 3.97. The predicted octanol–water partition coefficient (Wildman–Crippen LogP) is 2.40. The summed E-state index contributed by atoms with van der Waals surface area (Å²) in [4.78, 5) is 0. The highest BCUT2D eigenvalue weighted by Gasteiger charge is 2.38. The van der Waals surface area contributed by atoms with Crippen LogP contribution in [0.1, 0.15) is 48.0 Å². The molecule has 0 saturated carbocycles. The molecule has 1 unspecified atom stereocenters. The van der Waals surface area contributed by atoms with E-state index in [9.17, 15) is 10.2 Å². The van der Waals surface area contributed by atoms with Crippen LogP contribution in [0.5, 0.6) is 0 Å². The van der Waals surface area contributed by atoms with Crippen molar-refractivity contribution in [3.63, 3.8) is 0 Å². The van der Waals surface area contributed by atoms with Gasteiger partial charge in [0.05, 0.1) is 0 Å². The van der Waals surface area contributed by atoms with Crippen LogP contribution in [0, 0.1) is 16.7 Å². The van der Waals surface area contributed by atoms with E-state index >= 15 is 0 Å². The van der Waals surface area contributed by atoms with Crippen LogP contribution in [0.2, 0.25) is 0 Å². The summed E-state index contributed by atoms with van der Waals surface area (Å²) in [5.74, 6) is 0.270. The second-order valence-corrected chi connectivity index (χ2v) is 5.77. The van der Waals surface area contributed by atoms with Crippen LogP contribution in [0.3, 0.4) is 0 Å². The monoisotopic (exact) mass is 188 g/mol. The van der Waals surface area contributed by atoms with Crippen molar-refractivity contribution in [3.8, 4) is 0 Å². The SMILES string of the molecule is CC(C)C(C)(CC(C)(C)C)C(O)O. The highest BCUT2D eigenvalue weighted by molar-refractivity contribution is 4.84.